The van der Waals surface area contributed by atoms with Crippen LogP contribution in [0, 0.1) is 45.8 Å². The van der Waals surface area contributed by atoms with Gasteiger partial charge in [-0.2, -0.15) is 5.26 Å². The Hall–Kier alpha value is -2.23. The average molecular weight is 359 g/mol. The third-order valence-corrected chi connectivity index (χ3v) is 6.17. The highest BCUT2D eigenvalue weighted by Gasteiger charge is 2.54. The third-order valence-electron chi connectivity index (χ3n) is 6.17. The van der Waals surface area contributed by atoms with Gasteiger partial charge in [0.05, 0.1) is 6.07 Å². The molecular weight excluding hydrogens is 334 g/mol. The summed E-state index contributed by atoms with van der Waals surface area (Å²) < 4.78 is 4.86. The molecule has 4 aliphatic carbocycles. The zero-order valence-electron chi connectivity index (χ0n) is 15.0. The van der Waals surface area contributed by atoms with Crippen LogP contribution in [0.1, 0.15) is 45.4 Å². The minimum atomic E-state index is -1.19. The monoisotopic (exact) mass is 359 g/mol. The fourth-order valence-corrected chi connectivity index (χ4v) is 5.42. The van der Waals surface area contributed by atoms with E-state index in [1.165, 1.54) is 26.2 Å². The number of esters is 1. The number of ether oxygens (including phenoxy) is 1. The first kappa shape index (κ1) is 18.6. The molecule has 4 rings (SSSR count). The van der Waals surface area contributed by atoms with Crippen LogP contribution in [0.4, 0.5) is 0 Å². The molecule has 0 spiro atoms. The normalized spacial score (nSPS) is 32.4. The van der Waals surface area contributed by atoms with Crippen molar-refractivity contribution in [1.29, 1.82) is 10.7 Å². The highest BCUT2D eigenvalue weighted by atomic mass is 16.5. The van der Waals surface area contributed by atoms with Gasteiger partial charge in [-0.25, -0.2) is 0 Å². The lowest BCUT2D eigenvalue weighted by atomic mass is 9.49. The first-order chi connectivity index (χ1) is 12.3. The summed E-state index contributed by atoms with van der Waals surface area (Å²) in [5, 5.41) is 18.9. The summed E-state index contributed by atoms with van der Waals surface area (Å²) in [6.45, 7) is 0.536. The number of hydrogen-bond donors (Lipinski definition) is 2. The Labute approximate surface area is 153 Å². The maximum atomic E-state index is 12.7. The second-order valence-corrected chi connectivity index (χ2v) is 8.25. The molecule has 0 aromatic heterocycles. The number of nitrogens with one attached hydrogen (secondary N) is 2. The lowest BCUT2D eigenvalue weighted by Gasteiger charge is -2.55. The van der Waals surface area contributed by atoms with Gasteiger partial charge in [-0.05, 0) is 63.2 Å². The minimum absolute atomic E-state index is 0.0647. The van der Waals surface area contributed by atoms with Crippen LogP contribution in [0.3, 0.4) is 0 Å². The molecule has 7 heteroatoms. The molecule has 140 valence electrons. The molecule has 4 fully saturated rings. The molecule has 0 saturated heterocycles. The summed E-state index contributed by atoms with van der Waals surface area (Å²) in [6.07, 6.45) is 6.47. The van der Waals surface area contributed by atoms with E-state index in [9.17, 15) is 14.4 Å². The van der Waals surface area contributed by atoms with Crippen LogP contribution in [-0.2, 0) is 19.1 Å². The third kappa shape index (κ3) is 3.64. The Morgan fingerprint density at radius 1 is 1.19 bits per heavy atom. The van der Waals surface area contributed by atoms with E-state index in [1.807, 2.05) is 0 Å². The van der Waals surface area contributed by atoms with Crippen molar-refractivity contribution in [3.8, 4) is 6.07 Å². The lowest BCUT2D eigenvalue weighted by molar-refractivity contribution is -0.152. The van der Waals surface area contributed by atoms with Gasteiger partial charge < -0.3 is 15.5 Å². The molecule has 4 aliphatic rings. The van der Waals surface area contributed by atoms with Crippen LogP contribution in [-0.4, -0.2) is 36.5 Å². The van der Waals surface area contributed by atoms with E-state index in [4.69, 9.17) is 15.4 Å². The molecular formula is C19H25N3O4. The van der Waals surface area contributed by atoms with E-state index in [1.54, 1.807) is 6.07 Å². The number of carbonyl (C=O) groups excluding carboxylic acids is 3. The van der Waals surface area contributed by atoms with Gasteiger partial charge in [-0.1, -0.05) is 0 Å². The Morgan fingerprint density at radius 2 is 1.73 bits per heavy atom. The van der Waals surface area contributed by atoms with Crippen molar-refractivity contribution in [2.75, 3.05) is 13.2 Å². The smallest absolute Gasteiger partial charge is 0.325 e. The van der Waals surface area contributed by atoms with Crippen molar-refractivity contribution < 1.29 is 19.1 Å². The predicted octanol–water partition coefficient (Wildman–Crippen LogP) is 1.61. The highest BCUT2D eigenvalue weighted by molar-refractivity contribution is 6.06. The van der Waals surface area contributed by atoms with Gasteiger partial charge in [0.2, 0.25) is 5.91 Å². The second-order valence-electron chi connectivity index (χ2n) is 8.25. The zero-order valence-corrected chi connectivity index (χ0v) is 15.0. The second kappa shape index (κ2) is 7.18. The van der Waals surface area contributed by atoms with E-state index in [0.29, 0.717) is 17.8 Å². The van der Waals surface area contributed by atoms with Crippen LogP contribution in [0.15, 0.2) is 0 Å². The largest absolute Gasteiger partial charge is 0.456 e. The quantitative estimate of drug-likeness (QED) is 0.528. The van der Waals surface area contributed by atoms with Crippen LogP contribution in [0.2, 0.25) is 0 Å². The van der Waals surface area contributed by atoms with Gasteiger partial charge in [0.1, 0.15) is 12.5 Å². The Kier molecular flexibility index (Phi) is 5.12. The number of carbonyl (C=O) groups is 3. The number of ketones is 1. The molecule has 0 heterocycles. The Bertz CT molecular complexity index is 643. The predicted molar refractivity (Wildman–Crippen MR) is 92.1 cm³/mol. The number of amides is 1. The fraction of sp³-hybridized carbons (Fsp3) is 0.737. The molecule has 0 aromatic carbocycles. The molecule has 1 amide bonds. The SMILES string of the molecule is CC(=N)C(C#N)C(=O)COC(=O)CNC(=O)C12CC3CC(CC(C3)C1)C2. The molecule has 0 aliphatic heterocycles. The van der Waals surface area contributed by atoms with Crippen molar-refractivity contribution in [1.82, 2.24) is 5.32 Å². The molecule has 2 N–H and O–H groups in total. The van der Waals surface area contributed by atoms with Gasteiger partial charge in [0, 0.05) is 11.1 Å². The Morgan fingerprint density at radius 3 is 2.19 bits per heavy atom. The summed E-state index contributed by atoms with van der Waals surface area (Å²) in [4.78, 5) is 36.3. The van der Waals surface area contributed by atoms with E-state index >= 15 is 0 Å². The highest BCUT2D eigenvalue weighted by Crippen LogP contribution is 2.60. The lowest BCUT2D eigenvalue weighted by Crippen LogP contribution is -2.54. The van der Waals surface area contributed by atoms with E-state index in [-0.39, 0.29) is 23.6 Å². The summed E-state index contributed by atoms with van der Waals surface area (Å²) in [6, 6.07) is 1.71. The molecule has 0 aromatic rings. The molecule has 26 heavy (non-hydrogen) atoms. The van der Waals surface area contributed by atoms with Crippen molar-refractivity contribution in [2.24, 2.45) is 29.1 Å². The van der Waals surface area contributed by atoms with E-state index < -0.39 is 24.3 Å². The van der Waals surface area contributed by atoms with Crippen molar-refractivity contribution in [2.45, 2.75) is 45.4 Å². The first-order valence-electron chi connectivity index (χ1n) is 9.24. The Balaban J connectivity index is 1.46. The molecule has 4 bridgehead atoms. The van der Waals surface area contributed by atoms with Crippen LogP contribution in [0.5, 0.6) is 0 Å². The summed E-state index contributed by atoms with van der Waals surface area (Å²) in [5.74, 6) is -0.650. The van der Waals surface area contributed by atoms with Crippen LogP contribution in [0.25, 0.3) is 0 Å². The summed E-state index contributed by atoms with van der Waals surface area (Å²) in [7, 11) is 0. The van der Waals surface area contributed by atoms with E-state index in [0.717, 1.165) is 19.3 Å². The van der Waals surface area contributed by atoms with Crippen molar-refractivity contribution in [3.63, 3.8) is 0 Å². The van der Waals surface area contributed by atoms with Gasteiger partial charge >= 0.3 is 5.97 Å². The first-order valence-corrected chi connectivity index (χ1v) is 9.24. The fourth-order valence-electron chi connectivity index (χ4n) is 5.42. The van der Waals surface area contributed by atoms with Gasteiger partial charge in [0.25, 0.3) is 0 Å². The molecule has 7 nitrogen and oxygen atoms in total. The zero-order chi connectivity index (χ0) is 18.9. The standard InChI is InChI=1S/C19H25N3O4/c1-11(21)15(8-20)16(23)10-26-17(24)9-22-18(25)19-5-12-2-13(6-19)4-14(3-12)7-19/h12-15,21H,2-7,9-10H2,1H3,(H,22,25). The number of nitriles is 1. The average Bonchev–Trinajstić information content (AvgIpc) is 2.56. The molecule has 1 atom stereocenters. The maximum absolute atomic E-state index is 12.7. The number of Topliss-reactive ketones (excluding diaryl/α,β-unsaturated/α-hetero) is 1. The number of hydrogen-bond acceptors (Lipinski definition) is 6. The number of rotatable bonds is 7. The topological polar surface area (TPSA) is 120 Å². The van der Waals surface area contributed by atoms with Gasteiger partial charge in [-0.3, -0.25) is 14.4 Å². The minimum Gasteiger partial charge on any atom is -0.456 e. The van der Waals surface area contributed by atoms with Crippen LogP contribution >= 0.6 is 0 Å². The van der Waals surface area contributed by atoms with Gasteiger partial charge in [0.15, 0.2) is 12.4 Å². The van der Waals surface area contributed by atoms with Gasteiger partial charge in [-0.15, -0.1) is 0 Å². The molecule has 1 unspecified atom stereocenters. The molecule has 0 radical (unpaired) electrons. The van der Waals surface area contributed by atoms with Crippen molar-refractivity contribution in [3.05, 3.63) is 0 Å². The maximum Gasteiger partial charge on any atom is 0.325 e. The van der Waals surface area contributed by atoms with Crippen LogP contribution < -0.4 is 5.32 Å². The summed E-state index contributed by atoms with van der Waals surface area (Å²) in [5.41, 5.74) is -0.405. The van der Waals surface area contributed by atoms with E-state index in [2.05, 4.69) is 5.32 Å². The molecule has 4 saturated carbocycles. The number of nitrogens with zero attached hydrogens (tertiary/aromatic N) is 1. The summed E-state index contributed by atoms with van der Waals surface area (Å²) >= 11 is 0. The van der Waals surface area contributed by atoms with Crippen molar-refractivity contribution >= 4 is 23.4 Å².